The first kappa shape index (κ1) is 14.5. The molecule has 1 fully saturated rings. The molecule has 1 aromatic rings. The van der Waals surface area contributed by atoms with Crippen molar-refractivity contribution in [3.05, 3.63) is 33.4 Å². The van der Waals surface area contributed by atoms with E-state index in [4.69, 9.17) is 0 Å². The standard InChI is InChI=1S/C14H19N3O3/c1-9-6-13(17(19)20)10(2)5-12(9)16-14(18)7-11-3-4-15-8-11/h5-6,11,15H,3-4,7-8H2,1-2H3,(H,16,18). The Kier molecular flexibility index (Phi) is 4.34. The molecule has 20 heavy (non-hydrogen) atoms. The number of benzene rings is 1. The average molecular weight is 277 g/mol. The lowest BCUT2D eigenvalue weighted by Crippen LogP contribution is -2.19. The zero-order valence-electron chi connectivity index (χ0n) is 11.7. The van der Waals surface area contributed by atoms with E-state index in [-0.39, 0.29) is 11.6 Å². The molecule has 0 aromatic heterocycles. The quantitative estimate of drug-likeness (QED) is 0.652. The molecule has 108 valence electrons. The number of hydrogen-bond acceptors (Lipinski definition) is 4. The Labute approximate surface area is 117 Å². The molecule has 1 atom stereocenters. The maximum absolute atomic E-state index is 12.0. The number of aryl methyl sites for hydroxylation is 2. The molecule has 6 nitrogen and oxygen atoms in total. The lowest BCUT2D eigenvalue weighted by Gasteiger charge is -2.12. The molecule has 2 N–H and O–H groups in total. The Morgan fingerprint density at radius 3 is 2.80 bits per heavy atom. The molecule has 0 bridgehead atoms. The summed E-state index contributed by atoms with van der Waals surface area (Å²) in [5.41, 5.74) is 2.00. The summed E-state index contributed by atoms with van der Waals surface area (Å²) in [7, 11) is 0. The van der Waals surface area contributed by atoms with Crippen molar-refractivity contribution in [1.29, 1.82) is 0 Å². The summed E-state index contributed by atoms with van der Waals surface area (Å²) < 4.78 is 0. The fourth-order valence-corrected chi connectivity index (χ4v) is 2.48. The SMILES string of the molecule is Cc1cc([N+](=O)[O-])c(C)cc1NC(=O)CC1CCNC1. The Hall–Kier alpha value is -1.95. The molecule has 6 heteroatoms. The minimum atomic E-state index is -0.405. The Bertz CT molecular complexity index is 537. The second-order valence-electron chi connectivity index (χ2n) is 5.32. The summed E-state index contributed by atoms with van der Waals surface area (Å²) in [6.45, 7) is 5.28. The normalized spacial score (nSPS) is 18.0. The fraction of sp³-hybridized carbons (Fsp3) is 0.500. The summed E-state index contributed by atoms with van der Waals surface area (Å²) >= 11 is 0. The number of nitro groups is 1. The first-order valence-corrected chi connectivity index (χ1v) is 6.73. The predicted octanol–water partition coefficient (Wildman–Crippen LogP) is 2.15. The van der Waals surface area contributed by atoms with E-state index >= 15 is 0 Å². The molecular formula is C14H19N3O3. The molecule has 0 aliphatic carbocycles. The van der Waals surface area contributed by atoms with Gasteiger partial charge in [0.2, 0.25) is 5.91 Å². The van der Waals surface area contributed by atoms with Crippen molar-refractivity contribution in [2.45, 2.75) is 26.7 Å². The fourth-order valence-electron chi connectivity index (χ4n) is 2.48. The lowest BCUT2D eigenvalue weighted by atomic mass is 10.0. The van der Waals surface area contributed by atoms with E-state index in [1.54, 1.807) is 19.9 Å². The molecule has 1 amide bonds. The minimum absolute atomic E-state index is 0.0324. The number of amides is 1. The molecule has 0 radical (unpaired) electrons. The van der Waals surface area contributed by atoms with Crippen LogP contribution in [-0.2, 0) is 4.79 Å². The first-order chi connectivity index (χ1) is 9.47. The molecule has 1 unspecified atom stereocenters. The van der Waals surface area contributed by atoms with Gasteiger partial charge in [0, 0.05) is 23.7 Å². The molecule has 1 saturated heterocycles. The van der Waals surface area contributed by atoms with Gasteiger partial charge in [-0.15, -0.1) is 0 Å². The van der Waals surface area contributed by atoms with Crippen LogP contribution in [0.2, 0.25) is 0 Å². The number of carbonyl (C=O) groups is 1. The van der Waals surface area contributed by atoms with Gasteiger partial charge in [-0.3, -0.25) is 14.9 Å². The van der Waals surface area contributed by atoms with Gasteiger partial charge in [0.1, 0.15) is 0 Å². The highest BCUT2D eigenvalue weighted by atomic mass is 16.6. The summed E-state index contributed by atoms with van der Waals surface area (Å²) in [6, 6.07) is 3.17. The van der Waals surface area contributed by atoms with Gasteiger partial charge in [-0.2, -0.15) is 0 Å². The van der Waals surface area contributed by atoms with Crippen LogP contribution in [0.3, 0.4) is 0 Å². The van der Waals surface area contributed by atoms with E-state index in [2.05, 4.69) is 10.6 Å². The van der Waals surface area contributed by atoms with E-state index < -0.39 is 4.92 Å². The number of rotatable bonds is 4. The second-order valence-corrected chi connectivity index (χ2v) is 5.32. The number of nitrogens with zero attached hydrogens (tertiary/aromatic N) is 1. The summed E-state index contributed by atoms with van der Waals surface area (Å²) in [4.78, 5) is 22.4. The van der Waals surface area contributed by atoms with Gasteiger partial charge >= 0.3 is 0 Å². The topological polar surface area (TPSA) is 84.3 Å². The predicted molar refractivity (Wildman–Crippen MR) is 76.8 cm³/mol. The first-order valence-electron chi connectivity index (χ1n) is 6.73. The largest absolute Gasteiger partial charge is 0.326 e. The van der Waals surface area contributed by atoms with Crippen LogP contribution in [0.1, 0.15) is 24.0 Å². The van der Waals surface area contributed by atoms with Crippen LogP contribution in [0.5, 0.6) is 0 Å². The highest BCUT2D eigenvalue weighted by Crippen LogP contribution is 2.26. The highest BCUT2D eigenvalue weighted by molar-refractivity contribution is 5.92. The smallest absolute Gasteiger partial charge is 0.272 e. The van der Waals surface area contributed by atoms with Gasteiger partial charge in [0.05, 0.1) is 4.92 Å². The van der Waals surface area contributed by atoms with E-state index in [0.717, 1.165) is 19.5 Å². The van der Waals surface area contributed by atoms with Crippen LogP contribution in [0.4, 0.5) is 11.4 Å². The second kappa shape index (κ2) is 6.00. The number of hydrogen-bond donors (Lipinski definition) is 2. The highest BCUT2D eigenvalue weighted by Gasteiger charge is 2.19. The molecule has 1 heterocycles. The van der Waals surface area contributed by atoms with Gasteiger partial charge in [-0.05, 0) is 50.9 Å². The lowest BCUT2D eigenvalue weighted by molar-refractivity contribution is -0.385. The molecule has 0 spiro atoms. The maximum atomic E-state index is 12.0. The van der Waals surface area contributed by atoms with Crippen LogP contribution < -0.4 is 10.6 Å². The molecular weight excluding hydrogens is 258 g/mol. The minimum Gasteiger partial charge on any atom is -0.326 e. The van der Waals surface area contributed by atoms with Crippen molar-refractivity contribution in [1.82, 2.24) is 5.32 Å². The zero-order valence-corrected chi connectivity index (χ0v) is 11.7. The van der Waals surface area contributed by atoms with E-state index in [0.29, 0.717) is 29.2 Å². The average Bonchev–Trinajstić information content (AvgIpc) is 2.85. The van der Waals surface area contributed by atoms with Crippen LogP contribution in [0.25, 0.3) is 0 Å². The Morgan fingerprint density at radius 1 is 1.45 bits per heavy atom. The Morgan fingerprint density at radius 2 is 2.20 bits per heavy atom. The van der Waals surface area contributed by atoms with Crippen molar-refractivity contribution < 1.29 is 9.72 Å². The van der Waals surface area contributed by atoms with Crippen molar-refractivity contribution in [3.63, 3.8) is 0 Å². The van der Waals surface area contributed by atoms with Crippen molar-refractivity contribution >= 4 is 17.3 Å². The third-order valence-corrected chi connectivity index (χ3v) is 3.65. The van der Waals surface area contributed by atoms with Crippen molar-refractivity contribution in [3.8, 4) is 0 Å². The van der Waals surface area contributed by atoms with Crippen LogP contribution in [0, 0.1) is 29.9 Å². The molecule has 0 saturated carbocycles. The third kappa shape index (κ3) is 3.33. The monoisotopic (exact) mass is 277 g/mol. The van der Waals surface area contributed by atoms with Gasteiger partial charge in [-0.1, -0.05) is 0 Å². The number of nitrogens with one attached hydrogen (secondary N) is 2. The number of carbonyl (C=O) groups excluding carboxylic acids is 1. The summed E-state index contributed by atoms with van der Waals surface area (Å²) in [5, 5.41) is 16.9. The summed E-state index contributed by atoms with van der Waals surface area (Å²) in [6.07, 6.45) is 1.51. The zero-order chi connectivity index (χ0) is 14.7. The molecule has 1 aliphatic heterocycles. The van der Waals surface area contributed by atoms with E-state index in [1.165, 1.54) is 6.07 Å². The molecule has 2 rings (SSSR count). The molecule has 1 aromatic carbocycles. The van der Waals surface area contributed by atoms with Gasteiger partial charge in [-0.25, -0.2) is 0 Å². The maximum Gasteiger partial charge on any atom is 0.272 e. The van der Waals surface area contributed by atoms with Crippen LogP contribution in [-0.4, -0.2) is 23.9 Å². The van der Waals surface area contributed by atoms with Gasteiger partial charge in [0.25, 0.3) is 5.69 Å². The van der Waals surface area contributed by atoms with Crippen LogP contribution in [0.15, 0.2) is 12.1 Å². The van der Waals surface area contributed by atoms with E-state index in [1.807, 2.05) is 0 Å². The molecule has 1 aliphatic rings. The number of anilines is 1. The number of nitro benzene ring substituents is 1. The third-order valence-electron chi connectivity index (χ3n) is 3.65. The van der Waals surface area contributed by atoms with Crippen molar-refractivity contribution in [2.24, 2.45) is 5.92 Å². The van der Waals surface area contributed by atoms with Gasteiger partial charge in [0.15, 0.2) is 0 Å². The Balaban J connectivity index is 2.07. The van der Waals surface area contributed by atoms with Crippen LogP contribution >= 0.6 is 0 Å². The van der Waals surface area contributed by atoms with Gasteiger partial charge < -0.3 is 10.6 Å². The van der Waals surface area contributed by atoms with E-state index in [9.17, 15) is 14.9 Å². The van der Waals surface area contributed by atoms with Crippen molar-refractivity contribution in [2.75, 3.05) is 18.4 Å². The summed E-state index contributed by atoms with van der Waals surface area (Å²) in [5.74, 6) is 0.351.